The Morgan fingerprint density at radius 1 is 1.22 bits per heavy atom. The number of likely N-dealkylation sites (tertiary alicyclic amines) is 1. The number of benzene rings is 1. The topological polar surface area (TPSA) is 94.4 Å². The molecule has 3 heterocycles. The summed E-state index contributed by atoms with van der Waals surface area (Å²) >= 11 is 0. The fraction of sp³-hybridized carbons (Fsp3) is 0.333. The third-order valence-electron chi connectivity index (χ3n) is 3.92. The molecular weight excluding hydrogens is 300 g/mol. The lowest BCUT2D eigenvalue weighted by atomic mass is 10.3. The number of rotatable bonds is 3. The van der Waals surface area contributed by atoms with Crippen LogP contribution in [0.15, 0.2) is 38.0 Å². The molecule has 1 saturated heterocycles. The van der Waals surface area contributed by atoms with Crippen molar-refractivity contribution in [1.82, 2.24) is 19.6 Å². The van der Waals surface area contributed by atoms with Gasteiger partial charge in [0.1, 0.15) is 0 Å². The van der Waals surface area contributed by atoms with Crippen molar-refractivity contribution < 1.29 is 13.7 Å². The Kier molecular flexibility index (Phi) is 3.22. The molecule has 0 bridgehead atoms. The lowest BCUT2D eigenvalue weighted by Crippen LogP contribution is -2.27. The highest BCUT2D eigenvalue weighted by Crippen LogP contribution is 2.14. The van der Waals surface area contributed by atoms with Gasteiger partial charge < -0.3 is 13.8 Å². The number of hydrogen-bond acceptors (Lipinski definition) is 6. The standard InChI is InChI=1S/C15H14N4O4/c20-14(18-7-3-4-8-18)13-16-12(17-23-13)9-19-10-5-1-2-6-11(10)22-15(19)21/h1-2,5-6H,3-4,7-9H2. The first-order valence-corrected chi connectivity index (χ1v) is 7.42. The zero-order valence-corrected chi connectivity index (χ0v) is 12.3. The average Bonchev–Trinajstić information content (AvgIpc) is 3.28. The van der Waals surface area contributed by atoms with Gasteiger partial charge in [-0.25, -0.2) is 4.79 Å². The van der Waals surface area contributed by atoms with Crippen LogP contribution in [0.2, 0.25) is 0 Å². The summed E-state index contributed by atoms with van der Waals surface area (Å²) in [6, 6.07) is 7.09. The van der Waals surface area contributed by atoms with Gasteiger partial charge in [-0.1, -0.05) is 17.3 Å². The molecule has 1 aliphatic heterocycles. The molecule has 1 aromatic carbocycles. The minimum absolute atomic E-state index is 0.0391. The van der Waals surface area contributed by atoms with Crippen molar-refractivity contribution in [2.45, 2.75) is 19.4 Å². The molecule has 3 aromatic rings. The maximum atomic E-state index is 12.2. The highest BCUT2D eigenvalue weighted by Gasteiger charge is 2.25. The first-order valence-electron chi connectivity index (χ1n) is 7.42. The molecule has 118 valence electrons. The number of carbonyl (C=O) groups excluding carboxylic acids is 1. The Morgan fingerprint density at radius 3 is 2.83 bits per heavy atom. The van der Waals surface area contributed by atoms with E-state index in [1.165, 1.54) is 4.57 Å². The van der Waals surface area contributed by atoms with E-state index in [0.717, 1.165) is 12.8 Å². The van der Waals surface area contributed by atoms with E-state index in [-0.39, 0.29) is 24.2 Å². The number of amides is 1. The summed E-state index contributed by atoms with van der Waals surface area (Å²) in [4.78, 5) is 29.9. The lowest BCUT2D eigenvalue weighted by molar-refractivity contribution is 0.0743. The summed E-state index contributed by atoms with van der Waals surface area (Å²) in [6.45, 7) is 1.51. The Bertz CT molecular complexity index is 917. The Hall–Kier alpha value is -2.90. The monoisotopic (exact) mass is 314 g/mol. The van der Waals surface area contributed by atoms with Crippen LogP contribution in [0.3, 0.4) is 0 Å². The Morgan fingerprint density at radius 2 is 2.00 bits per heavy atom. The van der Waals surface area contributed by atoms with E-state index >= 15 is 0 Å². The number of aromatic nitrogens is 3. The summed E-state index contributed by atoms with van der Waals surface area (Å²) in [5, 5.41) is 3.80. The van der Waals surface area contributed by atoms with E-state index in [4.69, 9.17) is 8.94 Å². The van der Waals surface area contributed by atoms with Gasteiger partial charge in [0.25, 0.3) is 0 Å². The predicted molar refractivity (Wildman–Crippen MR) is 79.0 cm³/mol. The molecule has 0 atom stereocenters. The second kappa shape index (κ2) is 5.38. The quantitative estimate of drug-likeness (QED) is 0.722. The van der Waals surface area contributed by atoms with E-state index in [9.17, 15) is 9.59 Å². The Labute approximate surface area is 130 Å². The van der Waals surface area contributed by atoms with Crippen molar-refractivity contribution in [3.63, 3.8) is 0 Å². The number of fused-ring (bicyclic) bond motifs is 1. The first-order chi connectivity index (χ1) is 11.2. The van der Waals surface area contributed by atoms with Crippen LogP contribution >= 0.6 is 0 Å². The van der Waals surface area contributed by atoms with Gasteiger partial charge in [-0.15, -0.1) is 0 Å². The van der Waals surface area contributed by atoms with Gasteiger partial charge in [0.15, 0.2) is 11.4 Å². The predicted octanol–water partition coefficient (Wildman–Crippen LogP) is 1.26. The van der Waals surface area contributed by atoms with Crippen LogP contribution in [-0.2, 0) is 6.54 Å². The van der Waals surface area contributed by atoms with Crippen molar-refractivity contribution in [2.75, 3.05) is 13.1 Å². The molecule has 2 aromatic heterocycles. The molecule has 4 rings (SSSR count). The second-order valence-corrected chi connectivity index (χ2v) is 5.44. The largest absolute Gasteiger partial charge is 0.420 e. The van der Waals surface area contributed by atoms with Crippen molar-refractivity contribution >= 4 is 17.0 Å². The van der Waals surface area contributed by atoms with Crippen molar-refractivity contribution in [3.8, 4) is 0 Å². The van der Waals surface area contributed by atoms with Gasteiger partial charge in [0.2, 0.25) is 0 Å². The van der Waals surface area contributed by atoms with Gasteiger partial charge in [-0.3, -0.25) is 9.36 Å². The molecule has 0 N–H and O–H groups in total. The second-order valence-electron chi connectivity index (χ2n) is 5.44. The fourth-order valence-electron chi connectivity index (χ4n) is 2.77. The zero-order chi connectivity index (χ0) is 15.8. The smallest absolute Gasteiger partial charge is 0.408 e. The van der Waals surface area contributed by atoms with E-state index < -0.39 is 5.76 Å². The fourth-order valence-corrected chi connectivity index (χ4v) is 2.77. The van der Waals surface area contributed by atoms with Gasteiger partial charge in [0.05, 0.1) is 12.1 Å². The van der Waals surface area contributed by atoms with Crippen molar-refractivity contribution in [1.29, 1.82) is 0 Å². The van der Waals surface area contributed by atoms with Crippen molar-refractivity contribution in [2.24, 2.45) is 0 Å². The molecule has 1 fully saturated rings. The van der Waals surface area contributed by atoms with E-state index in [0.29, 0.717) is 24.2 Å². The number of oxazole rings is 1. The zero-order valence-electron chi connectivity index (χ0n) is 12.3. The summed E-state index contributed by atoms with van der Waals surface area (Å²) in [6.07, 6.45) is 1.98. The maximum absolute atomic E-state index is 12.2. The molecule has 1 amide bonds. The van der Waals surface area contributed by atoms with Crippen LogP contribution in [0.4, 0.5) is 0 Å². The molecule has 8 nitrogen and oxygen atoms in total. The highest BCUT2D eigenvalue weighted by molar-refractivity contribution is 5.89. The average molecular weight is 314 g/mol. The molecule has 0 aliphatic carbocycles. The van der Waals surface area contributed by atoms with Gasteiger partial charge >= 0.3 is 17.6 Å². The van der Waals surface area contributed by atoms with Crippen LogP contribution in [0.25, 0.3) is 11.1 Å². The minimum Gasteiger partial charge on any atom is -0.408 e. The van der Waals surface area contributed by atoms with Gasteiger partial charge in [0, 0.05) is 13.1 Å². The summed E-state index contributed by atoms with van der Waals surface area (Å²) in [7, 11) is 0. The van der Waals surface area contributed by atoms with Crippen LogP contribution in [0.1, 0.15) is 29.4 Å². The molecule has 8 heteroatoms. The lowest BCUT2D eigenvalue weighted by Gasteiger charge is -2.10. The third-order valence-corrected chi connectivity index (χ3v) is 3.92. The molecule has 0 saturated carbocycles. The highest BCUT2D eigenvalue weighted by atomic mass is 16.5. The molecule has 0 unspecified atom stereocenters. The van der Waals surface area contributed by atoms with E-state index in [2.05, 4.69) is 10.1 Å². The van der Waals surface area contributed by atoms with Crippen LogP contribution in [0, 0.1) is 0 Å². The van der Waals surface area contributed by atoms with Gasteiger partial charge in [-0.05, 0) is 25.0 Å². The maximum Gasteiger partial charge on any atom is 0.420 e. The van der Waals surface area contributed by atoms with E-state index in [1.54, 1.807) is 23.1 Å². The van der Waals surface area contributed by atoms with Crippen LogP contribution in [-0.4, -0.2) is 38.6 Å². The SMILES string of the molecule is O=C(c1nc(Cn2c(=O)oc3ccccc32)no1)N1CCCC1. The summed E-state index contributed by atoms with van der Waals surface area (Å²) in [5.41, 5.74) is 1.14. The molecular formula is C15H14N4O4. The summed E-state index contributed by atoms with van der Waals surface area (Å²) in [5.74, 6) is -0.530. The molecule has 23 heavy (non-hydrogen) atoms. The minimum atomic E-state index is -0.497. The van der Waals surface area contributed by atoms with Gasteiger partial charge in [-0.2, -0.15) is 4.98 Å². The van der Waals surface area contributed by atoms with Crippen molar-refractivity contribution in [3.05, 3.63) is 46.5 Å². The first kappa shape index (κ1) is 13.7. The number of para-hydroxylation sites is 2. The molecule has 0 spiro atoms. The molecule has 1 aliphatic rings. The Balaban J connectivity index is 1.61. The number of carbonyl (C=O) groups is 1. The van der Waals surface area contributed by atoms with E-state index in [1.807, 2.05) is 6.07 Å². The van der Waals surface area contributed by atoms with Crippen LogP contribution < -0.4 is 5.76 Å². The number of nitrogens with zero attached hydrogens (tertiary/aromatic N) is 4. The van der Waals surface area contributed by atoms with Crippen LogP contribution in [0.5, 0.6) is 0 Å². The third kappa shape index (κ3) is 2.41. The summed E-state index contributed by atoms with van der Waals surface area (Å²) < 4.78 is 11.6. The number of hydrogen-bond donors (Lipinski definition) is 0. The normalized spacial score (nSPS) is 14.7. The molecule has 0 radical (unpaired) electrons.